The van der Waals surface area contributed by atoms with E-state index in [0.29, 0.717) is 13.1 Å². The summed E-state index contributed by atoms with van der Waals surface area (Å²) >= 11 is 0. The van der Waals surface area contributed by atoms with Gasteiger partial charge < -0.3 is 5.73 Å². The van der Waals surface area contributed by atoms with Crippen molar-refractivity contribution < 1.29 is 4.39 Å². The molecule has 2 N–H and O–H groups in total. The third-order valence-electron chi connectivity index (χ3n) is 2.98. The van der Waals surface area contributed by atoms with Gasteiger partial charge in [0.2, 0.25) is 0 Å². The van der Waals surface area contributed by atoms with Crippen LogP contribution in [0.1, 0.15) is 22.5 Å². The first-order chi connectivity index (χ1) is 8.11. The first-order valence-corrected chi connectivity index (χ1v) is 5.59. The second kappa shape index (κ2) is 4.67. The number of aromatic nitrogens is 2. The molecular formula is C13H16FN3. The number of halogens is 1. The highest BCUT2D eigenvalue weighted by Crippen LogP contribution is 2.14. The fourth-order valence-electron chi connectivity index (χ4n) is 1.95. The lowest BCUT2D eigenvalue weighted by atomic mass is 10.2. The van der Waals surface area contributed by atoms with Gasteiger partial charge in [-0.05, 0) is 31.5 Å². The van der Waals surface area contributed by atoms with Crippen molar-refractivity contribution in [1.82, 2.24) is 9.78 Å². The second-order valence-corrected chi connectivity index (χ2v) is 4.14. The molecule has 17 heavy (non-hydrogen) atoms. The van der Waals surface area contributed by atoms with Crippen LogP contribution in [0.15, 0.2) is 24.3 Å². The molecular weight excluding hydrogens is 217 g/mol. The largest absolute Gasteiger partial charge is 0.326 e. The van der Waals surface area contributed by atoms with Crippen LogP contribution in [0, 0.1) is 19.7 Å². The molecule has 0 fully saturated rings. The lowest BCUT2D eigenvalue weighted by molar-refractivity contribution is 0.622. The van der Waals surface area contributed by atoms with Crippen molar-refractivity contribution in [1.29, 1.82) is 0 Å². The molecule has 1 heterocycles. The van der Waals surface area contributed by atoms with Gasteiger partial charge in [0.1, 0.15) is 5.82 Å². The number of hydrogen-bond acceptors (Lipinski definition) is 2. The topological polar surface area (TPSA) is 43.8 Å². The Balaban J connectivity index is 2.27. The summed E-state index contributed by atoms with van der Waals surface area (Å²) in [5, 5.41) is 4.44. The van der Waals surface area contributed by atoms with Crippen LogP contribution < -0.4 is 5.73 Å². The minimum Gasteiger partial charge on any atom is -0.326 e. The lowest BCUT2D eigenvalue weighted by Crippen LogP contribution is -2.05. The summed E-state index contributed by atoms with van der Waals surface area (Å²) in [6.45, 7) is 5.11. The van der Waals surface area contributed by atoms with Crippen molar-refractivity contribution in [2.75, 3.05) is 0 Å². The molecule has 3 nitrogen and oxygen atoms in total. The predicted molar refractivity (Wildman–Crippen MR) is 65.1 cm³/mol. The fraction of sp³-hybridized carbons (Fsp3) is 0.308. The molecule has 0 unspecified atom stereocenters. The minimum absolute atomic E-state index is 0.218. The van der Waals surface area contributed by atoms with Crippen molar-refractivity contribution in [2.24, 2.45) is 5.73 Å². The summed E-state index contributed by atoms with van der Waals surface area (Å²) in [5.41, 5.74) is 9.84. The molecule has 0 spiro atoms. The van der Waals surface area contributed by atoms with Crippen molar-refractivity contribution in [3.63, 3.8) is 0 Å². The van der Waals surface area contributed by atoms with Gasteiger partial charge in [0.25, 0.3) is 0 Å². The van der Waals surface area contributed by atoms with Crippen molar-refractivity contribution in [3.05, 3.63) is 52.6 Å². The van der Waals surface area contributed by atoms with Crippen LogP contribution in [0.2, 0.25) is 0 Å². The van der Waals surface area contributed by atoms with Crippen molar-refractivity contribution in [2.45, 2.75) is 26.9 Å². The maximum Gasteiger partial charge on any atom is 0.123 e. The van der Waals surface area contributed by atoms with Crippen LogP contribution in [0.25, 0.3) is 0 Å². The van der Waals surface area contributed by atoms with Gasteiger partial charge in [-0.25, -0.2) is 4.39 Å². The highest BCUT2D eigenvalue weighted by atomic mass is 19.1. The van der Waals surface area contributed by atoms with E-state index in [1.807, 2.05) is 18.5 Å². The van der Waals surface area contributed by atoms with Gasteiger partial charge in [0.05, 0.1) is 12.2 Å². The van der Waals surface area contributed by atoms with Crippen LogP contribution >= 0.6 is 0 Å². The van der Waals surface area contributed by atoms with Gasteiger partial charge in [0, 0.05) is 17.8 Å². The standard InChI is InChI=1S/C13H16FN3/c1-9-13(7-15)10(2)17(16-9)8-11-3-5-12(14)6-4-11/h3-6H,7-8,15H2,1-2H3. The maximum absolute atomic E-state index is 12.8. The number of nitrogens with two attached hydrogens (primary N) is 1. The Kier molecular flexibility index (Phi) is 3.24. The number of nitrogens with zero attached hydrogens (tertiary/aromatic N) is 2. The third-order valence-corrected chi connectivity index (χ3v) is 2.98. The van der Waals surface area contributed by atoms with Crippen molar-refractivity contribution >= 4 is 0 Å². The number of aryl methyl sites for hydroxylation is 1. The van der Waals surface area contributed by atoms with E-state index in [1.54, 1.807) is 12.1 Å². The van der Waals surface area contributed by atoms with E-state index in [4.69, 9.17) is 5.73 Å². The SMILES string of the molecule is Cc1nn(Cc2ccc(F)cc2)c(C)c1CN. The molecule has 2 aromatic rings. The predicted octanol–water partition coefficient (Wildman–Crippen LogP) is 2.15. The van der Waals surface area contributed by atoms with Gasteiger partial charge in [0.15, 0.2) is 0 Å². The summed E-state index contributed by atoms with van der Waals surface area (Å²) < 4.78 is 14.7. The second-order valence-electron chi connectivity index (χ2n) is 4.14. The summed E-state index contributed by atoms with van der Waals surface area (Å²) in [6.07, 6.45) is 0. The Hall–Kier alpha value is -1.68. The Morgan fingerprint density at radius 3 is 2.41 bits per heavy atom. The molecule has 1 aromatic heterocycles. The van der Waals surface area contributed by atoms with Gasteiger partial charge in [-0.15, -0.1) is 0 Å². The highest BCUT2D eigenvalue weighted by molar-refractivity contribution is 5.25. The smallest absolute Gasteiger partial charge is 0.123 e. The van der Waals surface area contributed by atoms with Crippen LogP contribution in [0.5, 0.6) is 0 Å². The Morgan fingerprint density at radius 1 is 1.24 bits per heavy atom. The maximum atomic E-state index is 12.8. The molecule has 0 aliphatic heterocycles. The zero-order valence-corrected chi connectivity index (χ0v) is 10.1. The van der Waals surface area contributed by atoms with E-state index in [2.05, 4.69) is 5.10 Å². The van der Waals surface area contributed by atoms with Crippen molar-refractivity contribution in [3.8, 4) is 0 Å². The molecule has 0 aliphatic rings. The summed E-state index contributed by atoms with van der Waals surface area (Å²) in [7, 11) is 0. The zero-order chi connectivity index (χ0) is 12.4. The van der Waals surface area contributed by atoms with Crippen LogP contribution in [-0.2, 0) is 13.1 Å². The number of benzene rings is 1. The highest BCUT2D eigenvalue weighted by Gasteiger charge is 2.09. The van der Waals surface area contributed by atoms with E-state index in [1.165, 1.54) is 12.1 Å². The average molecular weight is 233 g/mol. The van der Waals surface area contributed by atoms with Crippen LogP contribution in [0.4, 0.5) is 4.39 Å². The Labute approximate surface area is 100 Å². The fourth-order valence-corrected chi connectivity index (χ4v) is 1.95. The van der Waals surface area contributed by atoms with Gasteiger partial charge in [-0.2, -0.15) is 5.10 Å². The monoisotopic (exact) mass is 233 g/mol. The molecule has 0 atom stereocenters. The minimum atomic E-state index is -0.218. The molecule has 0 saturated heterocycles. The first kappa shape index (κ1) is 11.8. The molecule has 0 amide bonds. The van der Waals surface area contributed by atoms with Crippen LogP contribution in [-0.4, -0.2) is 9.78 Å². The van der Waals surface area contributed by atoms with E-state index >= 15 is 0 Å². The van der Waals surface area contributed by atoms with Gasteiger partial charge in [-0.1, -0.05) is 12.1 Å². The molecule has 0 radical (unpaired) electrons. The molecule has 4 heteroatoms. The normalized spacial score (nSPS) is 10.8. The zero-order valence-electron chi connectivity index (χ0n) is 10.1. The van der Waals surface area contributed by atoms with Gasteiger partial charge >= 0.3 is 0 Å². The lowest BCUT2D eigenvalue weighted by Gasteiger charge is -2.05. The van der Waals surface area contributed by atoms with E-state index in [-0.39, 0.29) is 5.82 Å². The number of hydrogen-bond donors (Lipinski definition) is 1. The first-order valence-electron chi connectivity index (χ1n) is 5.59. The molecule has 90 valence electrons. The molecule has 2 rings (SSSR count). The molecule has 1 aromatic carbocycles. The van der Waals surface area contributed by atoms with E-state index in [0.717, 1.165) is 22.5 Å². The average Bonchev–Trinajstić information content (AvgIpc) is 2.57. The Morgan fingerprint density at radius 2 is 1.88 bits per heavy atom. The quantitative estimate of drug-likeness (QED) is 0.882. The number of rotatable bonds is 3. The molecule has 0 saturated carbocycles. The van der Waals surface area contributed by atoms with E-state index < -0.39 is 0 Å². The van der Waals surface area contributed by atoms with Crippen LogP contribution in [0.3, 0.4) is 0 Å². The molecule has 0 bridgehead atoms. The Bertz CT molecular complexity index is 514. The summed E-state index contributed by atoms with van der Waals surface area (Å²) in [6, 6.07) is 6.47. The molecule has 0 aliphatic carbocycles. The third kappa shape index (κ3) is 2.36. The van der Waals surface area contributed by atoms with E-state index in [9.17, 15) is 4.39 Å². The summed E-state index contributed by atoms with van der Waals surface area (Å²) in [4.78, 5) is 0. The summed E-state index contributed by atoms with van der Waals surface area (Å²) in [5.74, 6) is -0.218. The van der Waals surface area contributed by atoms with Gasteiger partial charge in [-0.3, -0.25) is 4.68 Å².